The molecule has 1 aliphatic carbocycles. The van der Waals surface area contributed by atoms with Crippen LogP contribution in [-0.2, 0) is 13.0 Å². The minimum atomic E-state index is 0.349. The summed E-state index contributed by atoms with van der Waals surface area (Å²) in [6.45, 7) is 4.65. The Labute approximate surface area is 109 Å². The van der Waals surface area contributed by atoms with Crippen molar-refractivity contribution < 1.29 is 4.79 Å². The number of fused-ring (bicyclic) bond motifs is 1. The van der Waals surface area contributed by atoms with E-state index >= 15 is 0 Å². The topological polar surface area (TPSA) is 25.2 Å². The maximum absolute atomic E-state index is 12.0. The number of nitrogens with zero attached hydrogens (tertiary/aromatic N) is 2. The van der Waals surface area contributed by atoms with Crippen LogP contribution in [0.4, 0.5) is 0 Å². The van der Waals surface area contributed by atoms with Gasteiger partial charge in [-0.05, 0) is 50.8 Å². The lowest BCUT2D eigenvalue weighted by atomic mass is 10.1. The van der Waals surface area contributed by atoms with Crippen LogP contribution in [0.5, 0.6) is 0 Å². The molecule has 2 aliphatic rings. The Morgan fingerprint density at radius 2 is 1.72 bits per heavy atom. The third-order valence-corrected chi connectivity index (χ3v) is 4.24. The van der Waals surface area contributed by atoms with Gasteiger partial charge >= 0.3 is 0 Å². The van der Waals surface area contributed by atoms with E-state index in [4.69, 9.17) is 0 Å². The molecule has 0 spiro atoms. The Bertz CT molecular complexity index is 430. The quantitative estimate of drug-likeness (QED) is 0.766. The van der Waals surface area contributed by atoms with Crippen molar-refractivity contribution in [1.29, 1.82) is 0 Å². The van der Waals surface area contributed by atoms with Gasteiger partial charge in [0.2, 0.25) is 0 Å². The standard InChI is InChI=1S/C15H22N2O/c18-15-6-2-1-5-13-11-17(12-14(13)15)10-9-16-7-3-4-8-16/h11-12H,1-10H2. The molecule has 3 heteroatoms. The molecule has 1 aromatic heterocycles. The molecule has 1 aliphatic heterocycles. The van der Waals surface area contributed by atoms with Crippen LogP contribution in [0.2, 0.25) is 0 Å². The first kappa shape index (κ1) is 12.0. The van der Waals surface area contributed by atoms with Gasteiger partial charge in [-0.3, -0.25) is 4.79 Å². The Kier molecular flexibility index (Phi) is 3.50. The van der Waals surface area contributed by atoms with Crippen LogP contribution in [-0.4, -0.2) is 34.9 Å². The summed E-state index contributed by atoms with van der Waals surface area (Å²) in [5.74, 6) is 0.349. The molecule has 0 bridgehead atoms. The van der Waals surface area contributed by atoms with Gasteiger partial charge in [0.15, 0.2) is 5.78 Å². The molecular formula is C15H22N2O. The summed E-state index contributed by atoms with van der Waals surface area (Å²) in [5.41, 5.74) is 2.27. The molecule has 0 radical (unpaired) electrons. The van der Waals surface area contributed by atoms with E-state index in [-0.39, 0.29) is 0 Å². The highest BCUT2D eigenvalue weighted by atomic mass is 16.1. The molecule has 1 aromatic rings. The zero-order chi connectivity index (χ0) is 12.4. The van der Waals surface area contributed by atoms with Crippen LogP contribution in [0.3, 0.4) is 0 Å². The monoisotopic (exact) mass is 246 g/mol. The Balaban J connectivity index is 1.66. The second-order valence-electron chi connectivity index (χ2n) is 5.61. The van der Waals surface area contributed by atoms with Gasteiger partial charge in [0.25, 0.3) is 0 Å². The van der Waals surface area contributed by atoms with Crippen molar-refractivity contribution in [3.05, 3.63) is 23.5 Å². The van der Waals surface area contributed by atoms with E-state index in [0.717, 1.165) is 44.3 Å². The second kappa shape index (κ2) is 5.27. The molecule has 0 saturated carbocycles. The van der Waals surface area contributed by atoms with Gasteiger partial charge in [-0.15, -0.1) is 0 Å². The average Bonchev–Trinajstić information content (AvgIpc) is 2.98. The molecule has 3 rings (SSSR count). The molecule has 0 N–H and O–H groups in total. The van der Waals surface area contributed by atoms with Gasteiger partial charge in [-0.1, -0.05) is 0 Å². The van der Waals surface area contributed by atoms with Crippen molar-refractivity contribution in [1.82, 2.24) is 9.47 Å². The normalized spacial score (nSPS) is 21.0. The number of carbonyl (C=O) groups is 1. The molecule has 0 unspecified atom stereocenters. The number of aryl methyl sites for hydroxylation is 1. The third kappa shape index (κ3) is 2.51. The number of ketones is 1. The van der Waals surface area contributed by atoms with Crippen LogP contribution in [0.15, 0.2) is 12.4 Å². The smallest absolute Gasteiger partial charge is 0.164 e. The van der Waals surface area contributed by atoms with Gasteiger partial charge in [-0.25, -0.2) is 0 Å². The molecule has 3 nitrogen and oxygen atoms in total. The fourth-order valence-electron chi connectivity index (χ4n) is 3.13. The molecule has 0 atom stereocenters. The van der Waals surface area contributed by atoms with Crippen molar-refractivity contribution in [2.24, 2.45) is 0 Å². The van der Waals surface area contributed by atoms with Crippen LogP contribution in [0.1, 0.15) is 48.0 Å². The lowest BCUT2D eigenvalue weighted by Gasteiger charge is -2.14. The molecule has 18 heavy (non-hydrogen) atoms. The lowest BCUT2D eigenvalue weighted by Crippen LogP contribution is -2.23. The minimum absolute atomic E-state index is 0.349. The zero-order valence-corrected chi connectivity index (χ0v) is 11.0. The highest BCUT2D eigenvalue weighted by Crippen LogP contribution is 2.21. The molecular weight excluding hydrogens is 224 g/mol. The maximum atomic E-state index is 12.0. The van der Waals surface area contributed by atoms with Gasteiger partial charge in [-0.2, -0.15) is 0 Å². The number of hydrogen-bond acceptors (Lipinski definition) is 2. The summed E-state index contributed by atoms with van der Waals surface area (Å²) < 4.78 is 2.23. The summed E-state index contributed by atoms with van der Waals surface area (Å²) in [6, 6.07) is 0. The van der Waals surface area contributed by atoms with E-state index in [1.54, 1.807) is 0 Å². The van der Waals surface area contributed by atoms with Crippen molar-refractivity contribution >= 4 is 5.78 Å². The van der Waals surface area contributed by atoms with Gasteiger partial charge < -0.3 is 9.47 Å². The van der Waals surface area contributed by atoms with Crippen LogP contribution < -0.4 is 0 Å². The third-order valence-electron chi connectivity index (χ3n) is 4.24. The number of hydrogen-bond donors (Lipinski definition) is 0. The van der Waals surface area contributed by atoms with E-state index in [0.29, 0.717) is 5.78 Å². The second-order valence-corrected chi connectivity index (χ2v) is 5.61. The lowest BCUT2D eigenvalue weighted by molar-refractivity contribution is 0.0982. The van der Waals surface area contributed by atoms with Crippen LogP contribution in [0, 0.1) is 0 Å². The van der Waals surface area contributed by atoms with E-state index < -0.39 is 0 Å². The summed E-state index contributed by atoms with van der Waals surface area (Å²) in [4.78, 5) is 14.5. The molecule has 1 fully saturated rings. The first-order valence-corrected chi connectivity index (χ1v) is 7.27. The number of carbonyl (C=O) groups excluding carboxylic acids is 1. The van der Waals surface area contributed by atoms with Gasteiger partial charge in [0.1, 0.15) is 0 Å². The van der Waals surface area contributed by atoms with Crippen LogP contribution in [0.25, 0.3) is 0 Å². The maximum Gasteiger partial charge on any atom is 0.164 e. The number of likely N-dealkylation sites (tertiary alicyclic amines) is 1. The first-order chi connectivity index (χ1) is 8.83. The van der Waals surface area contributed by atoms with E-state index in [1.165, 1.54) is 31.5 Å². The Hall–Kier alpha value is -1.09. The summed E-state index contributed by atoms with van der Waals surface area (Å²) in [5, 5.41) is 0. The number of Topliss-reactive ketones (excluding diaryl/α,β-unsaturated/α-hetero) is 1. The highest BCUT2D eigenvalue weighted by molar-refractivity contribution is 5.97. The van der Waals surface area contributed by atoms with Gasteiger partial charge in [0, 0.05) is 37.5 Å². The fraction of sp³-hybridized carbons (Fsp3) is 0.667. The number of rotatable bonds is 3. The van der Waals surface area contributed by atoms with Crippen molar-refractivity contribution in [3.63, 3.8) is 0 Å². The molecule has 2 heterocycles. The predicted molar refractivity (Wildman–Crippen MR) is 72.0 cm³/mol. The first-order valence-electron chi connectivity index (χ1n) is 7.27. The van der Waals surface area contributed by atoms with E-state index in [9.17, 15) is 4.79 Å². The summed E-state index contributed by atoms with van der Waals surface area (Å²) in [7, 11) is 0. The van der Waals surface area contributed by atoms with E-state index in [2.05, 4.69) is 21.9 Å². The fourth-order valence-corrected chi connectivity index (χ4v) is 3.13. The largest absolute Gasteiger partial charge is 0.352 e. The van der Waals surface area contributed by atoms with Crippen molar-refractivity contribution in [2.75, 3.05) is 19.6 Å². The summed E-state index contributed by atoms with van der Waals surface area (Å²) in [6.07, 6.45) is 11.0. The SMILES string of the molecule is O=C1CCCCc2cn(CCN3CCCC3)cc21. The van der Waals surface area contributed by atoms with Gasteiger partial charge in [0.05, 0.1) is 0 Å². The predicted octanol–water partition coefficient (Wildman–Crippen LogP) is 2.49. The average molecular weight is 246 g/mol. The highest BCUT2D eigenvalue weighted by Gasteiger charge is 2.18. The Morgan fingerprint density at radius 3 is 2.56 bits per heavy atom. The minimum Gasteiger partial charge on any atom is -0.352 e. The van der Waals surface area contributed by atoms with Crippen molar-refractivity contribution in [2.45, 2.75) is 45.1 Å². The van der Waals surface area contributed by atoms with Crippen molar-refractivity contribution in [3.8, 4) is 0 Å². The van der Waals surface area contributed by atoms with Crippen LogP contribution >= 0.6 is 0 Å². The Morgan fingerprint density at radius 1 is 0.944 bits per heavy atom. The molecule has 0 amide bonds. The van der Waals surface area contributed by atoms with E-state index in [1.807, 2.05) is 0 Å². The zero-order valence-electron chi connectivity index (χ0n) is 11.0. The molecule has 0 aromatic carbocycles. The summed E-state index contributed by atoms with van der Waals surface area (Å²) >= 11 is 0. The molecule has 1 saturated heterocycles. The number of aromatic nitrogens is 1. The molecule has 98 valence electrons.